The lowest BCUT2D eigenvalue weighted by molar-refractivity contribution is -0.119. The van der Waals surface area contributed by atoms with E-state index in [0.717, 1.165) is 5.69 Å². The van der Waals surface area contributed by atoms with E-state index < -0.39 is 11.4 Å². The summed E-state index contributed by atoms with van der Waals surface area (Å²) in [5.41, 5.74) is 2.44. The molecule has 8 nitrogen and oxygen atoms in total. The molecule has 2 amide bonds. The van der Waals surface area contributed by atoms with E-state index in [4.69, 9.17) is 32.9 Å². The number of aromatic nitrogens is 2. The van der Waals surface area contributed by atoms with Crippen molar-refractivity contribution in [2.75, 3.05) is 36.3 Å². The number of hydrogen-bond acceptors (Lipinski definition) is 5. The number of imidazole rings is 1. The largest absolute Gasteiger partial charge is 0.496 e. The Morgan fingerprint density at radius 2 is 1.75 bits per heavy atom. The SMILES string of the molecule is COc1cc(N(C)C)ccc1-c1nc2c(n1C(C)C)[C@@]1(C(=O)Nc3cc(Cl)ccc31)N(c1cccc(Cl)c1)C2=O. The van der Waals surface area contributed by atoms with E-state index in [1.807, 2.05) is 55.6 Å². The van der Waals surface area contributed by atoms with Gasteiger partial charge in [0.05, 0.1) is 18.4 Å². The number of nitrogens with zero attached hydrogens (tertiary/aromatic N) is 4. The normalized spacial score (nSPS) is 17.4. The van der Waals surface area contributed by atoms with Gasteiger partial charge in [-0.1, -0.05) is 35.3 Å². The molecule has 1 N–H and O–H groups in total. The van der Waals surface area contributed by atoms with Crippen LogP contribution in [0, 0.1) is 0 Å². The number of ether oxygens (including phenoxy) is 1. The van der Waals surface area contributed by atoms with Gasteiger partial charge in [-0.2, -0.15) is 0 Å². The van der Waals surface area contributed by atoms with E-state index in [-0.39, 0.29) is 17.6 Å². The van der Waals surface area contributed by atoms with E-state index >= 15 is 0 Å². The highest BCUT2D eigenvalue weighted by atomic mass is 35.5. The molecule has 2 aliphatic rings. The Morgan fingerprint density at radius 3 is 2.42 bits per heavy atom. The molecule has 1 spiro atoms. The van der Waals surface area contributed by atoms with Crippen LogP contribution in [0.5, 0.6) is 5.75 Å². The van der Waals surface area contributed by atoms with Gasteiger partial charge in [-0.05, 0) is 56.3 Å². The van der Waals surface area contributed by atoms with E-state index in [2.05, 4.69) is 5.32 Å². The van der Waals surface area contributed by atoms with Crippen molar-refractivity contribution in [2.45, 2.75) is 25.4 Å². The zero-order valence-electron chi connectivity index (χ0n) is 22.6. The van der Waals surface area contributed by atoms with Crippen LogP contribution in [0.4, 0.5) is 17.1 Å². The third kappa shape index (κ3) is 3.56. The second kappa shape index (κ2) is 9.28. The van der Waals surface area contributed by atoms with E-state index in [9.17, 15) is 9.59 Å². The van der Waals surface area contributed by atoms with Crippen LogP contribution in [0.25, 0.3) is 11.4 Å². The molecule has 4 aromatic rings. The summed E-state index contributed by atoms with van der Waals surface area (Å²) < 4.78 is 7.75. The van der Waals surface area contributed by atoms with Crippen molar-refractivity contribution in [1.29, 1.82) is 0 Å². The van der Waals surface area contributed by atoms with E-state index in [0.29, 0.717) is 49.8 Å². The number of fused-ring (bicyclic) bond motifs is 4. The molecule has 3 aromatic carbocycles. The molecule has 1 atom stereocenters. The van der Waals surface area contributed by atoms with Gasteiger partial charge in [-0.25, -0.2) is 4.98 Å². The summed E-state index contributed by atoms with van der Waals surface area (Å²) in [5, 5.41) is 3.90. The maximum Gasteiger partial charge on any atom is 0.280 e. The summed E-state index contributed by atoms with van der Waals surface area (Å²) in [6.07, 6.45) is 0. The van der Waals surface area contributed by atoms with Crippen LogP contribution in [-0.2, 0) is 10.3 Å². The zero-order valence-corrected chi connectivity index (χ0v) is 24.1. The first-order chi connectivity index (χ1) is 19.1. The van der Waals surface area contributed by atoms with Crippen LogP contribution >= 0.6 is 23.2 Å². The van der Waals surface area contributed by atoms with Crippen molar-refractivity contribution in [3.63, 3.8) is 0 Å². The molecule has 6 rings (SSSR count). The molecule has 0 bridgehead atoms. The highest BCUT2D eigenvalue weighted by Crippen LogP contribution is 2.54. The van der Waals surface area contributed by atoms with Crippen molar-refractivity contribution in [2.24, 2.45) is 0 Å². The Labute approximate surface area is 242 Å². The minimum Gasteiger partial charge on any atom is -0.496 e. The summed E-state index contributed by atoms with van der Waals surface area (Å²) in [6, 6.07) is 17.8. The number of rotatable bonds is 5. The second-order valence-electron chi connectivity index (χ2n) is 10.4. The molecule has 2 aliphatic heterocycles. The molecular formula is C30H27Cl2N5O3. The topological polar surface area (TPSA) is 79.7 Å². The molecule has 3 heterocycles. The molecule has 40 heavy (non-hydrogen) atoms. The molecule has 10 heteroatoms. The molecule has 0 saturated carbocycles. The first kappa shape index (κ1) is 26.2. The van der Waals surface area contributed by atoms with Gasteiger partial charge in [-0.3, -0.25) is 14.5 Å². The Hall–Kier alpha value is -4.01. The van der Waals surface area contributed by atoms with Crippen molar-refractivity contribution >= 4 is 52.1 Å². The third-order valence-electron chi connectivity index (χ3n) is 7.47. The number of hydrogen-bond donors (Lipinski definition) is 1. The summed E-state index contributed by atoms with van der Waals surface area (Å²) in [7, 11) is 5.51. The molecule has 0 saturated heterocycles. The standard InChI is InChI=1S/C30H27Cl2N5O3/c1-16(2)36-26-25(34-27(36)21-11-10-19(35(3)4)15-24(21)40-5)28(38)37(20-8-6-7-17(31)13-20)30(26)22-12-9-18(32)14-23(22)33-29(30)39/h6-16H,1-5H3,(H,33,39)/t30-/m0/s1. The number of anilines is 3. The summed E-state index contributed by atoms with van der Waals surface area (Å²) in [6.45, 7) is 4.00. The molecule has 1 aromatic heterocycles. The Balaban J connectivity index is 1.70. The first-order valence-corrected chi connectivity index (χ1v) is 13.5. The lowest BCUT2D eigenvalue weighted by Gasteiger charge is -2.35. The number of methoxy groups -OCH3 is 1. The molecule has 0 unspecified atom stereocenters. The lowest BCUT2D eigenvalue weighted by Crippen LogP contribution is -2.51. The van der Waals surface area contributed by atoms with Crippen LogP contribution in [-0.4, -0.2) is 42.6 Å². The third-order valence-corrected chi connectivity index (χ3v) is 7.94. The number of nitrogens with one attached hydrogen (secondary N) is 1. The van der Waals surface area contributed by atoms with Gasteiger partial charge in [0.2, 0.25) is 0 Å². The molecule has 0 aliphatic carbocycles. The van der Waals surface area contributed by atoms with E-state index in [1.165, 1.54) is 4.90 Å². The van der Waals surface area contributed by atoms with Crippen molar-refractivity contribution in [3.8, 4) is 17.1 Å². The number of carbonyl (C=O) groups excluding carboxylic acids is 2. The molecule has 0 fully saturated rings. The number of halogens is 2. The number of benzene rings is 3. The minimum absolute atomic E-state index is 0.169. The summed E-state index contributed by atoms with van der Waals surface area (Å²) in [4.78, 5) is 37.0. The fourth-order valence-corrected chi connectivity index (χ4v) is 6.14. The van der Waals surface area contributed by atoms with Crippen molar-refractivity contribution < 1.29 is 14.3 Å². The van der Waals surface area contributed by atoms with Crippen LogP contribution in [0.3, 0.4) is 0 Å². The Kier molecular flexibility index (Phi) is 6.09. The van der Waals surface area contributed by atoms with Crippen molar-refractivity contribution in [1.82, 2.24) is 9.55 Å². The Morgan fingerprint density at radius 1 is 1.00 bits per heavy atom. The summed E-state index contributed by atoms with van der Waals surface area (Å²) >= 11 is 12.7. The quantitative estimate of drug-likeness (QED) is 0.299. The fourth-order valence-electron chi connectivity index (χ4n) is 5.78. The van der Waals surface area contributed by atoms with Gasteiger partial charge >= 0.3 is 0 Å². The van der Waals surface area contributed by atoms with Gasteiger partial charge in [0.1, 0.15) is 11.6 Å². The Bertz CT molecular complexity index is 1710. The molecule has 0 radical (unpaired) electrons. The monoisotopic (exact) mass is 575 g/mol. The maximum atomic E-state index is 14.4. The second-order valence-corrected chi connectivity index (χ2v) is 11.2. The van der Waals surface area contributed by atoms with Crippen LogP contribution in [0.2, 0.25) is 10.0 Å². The van der Waals surface area contributed by atoms with Crippen molar-refractivity contribution in [3.05, 3.63) is 87.7 Å². The van der Waals surface area contributed by atoms with Gasteiger partial charge in [-0.15, -0.1) is 0 Å². The molecular weight excluding hydrogens is 549 g/mol. The highest BCUT2D eigenvalue weighted by molar-refractivity contribution is 6.32. The zero-order chi connectivity index (χ0) is 28.5. The van der Waals surface area contributed by atoms with Crippen LogP contribution in [0.1, 0.15) is 41.6 Å². The van der Waals surface area contributed by atoms with E-state index in [1.54, 1.807) is 49.6 Å². The summed E-state index contributed by atoms with van der Waals surface area (Å²) in [5.74, 6) is 0.365. The average Bonchev–Trinajstić information content (AvgIpc) is 3.52. The van der Waals surface area contributed by atoms with Gasteiger partial charge in [0.15, 0.2) is 11.2 Å². The average molecular weight is 576 g/mol. The van der Waals surface area contributed by atoms with Crippen LogP contribution < -0.4 is 19.9 Å². The lowest BCUT2D eigenvalue weighted by atomic mass is 9.87. The highest BCUT2D eigenvalue weighted by Gasteiger charge is 2.64. The maximum absolute atomic E-state index is 14.4. The minimum atomic E-state index is -1.54. The predicted octanol–water partition coefficient (Wildman–Crippen LogP) is 6.37. The first-order valence-electron chi connectivity index (χ1n) is 12.8. The van der Waals surface area contributed by atoms with Crippen LogP contribution in [0.15, 0.2) is 60.7 Å². The number of carbonyl (C=O) groups is 2. The fraction of sp³-hybridized carbons (Fsp3) is 0.233. The molecule has 204 valence electrons. The van der Waals surface area contributed by atoms with Gasteiger partial charge in [0.25, 0.3) is 11.8 Å². The predicted molar refractivity (Wildman–Crippen MR) is 158 cm³/mol. The smallest absolute Gasteiger partial charge is 0.280 e. The van der Waals surface area contributed by atoms with Gasteiger partial charge < -0.3 is 19.5 Å². The number of amides is 2. The van der Waals surface area contributed by atoms with Gasteiger partial charge in [0, 0.05) is 58.9 Å².